The Morgan fingerprint density at radius 3 is 2.29 bits per heavy atom. The minimum absolute atomic E-state index is 0.226. The lowest BCUT2D eigenvalue weighted by Crippen LogP contribution is -2.53. The molecule has 6 heteroatoms. The number of carboxylic acid groups (broad SMARTS) is 1. The molecule has 0 spiro atoms. The van der Waals surface area contributed by atoms with E-state index in [0.29, 0.717) is 26.2 Å². The quantitative estimate of drug-likeness (QED) is 0.676. The van der Waals surface area contributed by atoms with Gasteiger partial charge in [0.15, 0.2) is 0 Å². The predicted octanol–water partition coefficient (Wildman–Crippen LogP) is 2.78. The van der Waals surface area contributed by atoms with Crippen LogP contribution in [-0.4, -0.2) is 59.2 Å². The van der Waals surface area contributed by atoms with Gasteiger partial charge < -0.3 is 19.7 Å². The third-order valence-electron chi connectivity index (χ3n) is 3.60. The Morgan fingerprint density at radius 2 is 1.83 bits per heavy atom. The summed E-state index contributed by atoms with van der Waals surface area (Å²) >= 11 is 0. The zero-order valence-electron chi connectivity index (χ0n) is 15.0. The van der Waals surface area contributed by atoms with Gasteiger partial charge in [-0.05, 0) is 51.8 Å². The molecule has 0 aliphatic rings. The summed E-state index contributed by atoms with van der Waals surface area (Å²) in [5.41, 5.74) is 0.364. The van der Waals surface area contributed by atoms with Crippen LogP contribution >= 0.6 is 0 Å². The predicted molar refractivity (Wildman–Crippen MR) is 92.6 cm³/mol. The van der Waals surface area contributed by atoms with Crippen molar-refractivity contribution in [2.24, 2.45) is 0 Å². The molecule has 2 N–H and O–H groups in total. The van der Waals surface area contributed by atoms with E-state index >= 15 is 0 Å². The topological polar surface area (TPSA) is 79.2 Å². The fraction of sp³-hybridized carbons (Fsp3) is 0.611. The number of ether oxygens (including phenoxy) is 2. The first kappa shape index (κ1) is 20.3. The SMILES string of the molecule is CCOCCOc1ccc(CC(CO)N(C(=O)O)C(C)(C)C)cc1. The molecule has 1 amide bonds. The van der Waals surface area contributed by atoms with Gasteiger partial charge in [0.2, 0.25) is 0 Å². The van der Waals surface area contributed by atoms with Crippen LogP contribution < -0.4 is 4.74 Å². The van der Waals surface area contributed by atoms with Crippen molar-refractivity contribution in [1.29, 1.82) is 0 Å². The standard InChI is InChI=1S/C18H29NO5/c1-5-23-10-11-24-16-8-6-14(7-9-16)12-15(13-20)19(17(21)22)18(2,3)4/h6-9,15,20H,5,10-13H2,1-4H3,(H,21,22). The molecule has 0 fully saturated rings. The summed E-state index contributed by atoms with van der Waals surface area (Å²) < 4.78 is 10.8. The average molecular weight is 339 g/mol. The lowest BCUT2D eigenvalue weighted by molar-refractivity contribution is 0.0465. The van der Waals surface area contributed by atoms with Crippen molar-refractivity contribution in [1.82, 2.24) is 4.90 Å². The van der Waals surface area contributed by atoms with Crippen molar-refractivity contribution in [3.8, 4) is 5.75 Å². The fourth-order valence-electron chi connectivity index (χ4n) is 2.58. The number of hydrogen-bond donors (Lipinski definition) is 2. The van der Waals surface area contributed by atoms with E-state index in [0.717, 1.165) is 11.3 Å². The van der Waals surface area contributed by atoms with E-state index in [1.54, 1.807) is 0 Å². The molecule has 1 aromatic rings. The summed E-state index contributed by atoms with van der Waals surface area (Å²) in [4.78, 5) is 12.9. The van der Waals surface area contributed by atoms with Crippen LogP contribution in [0.1, 0.15) is 33.3 Å². The highest BCUT2D eigenvalue weighted by Gasteiger charge is 2.32. The monoisotopic (exact) mass is 339 g/mol. The van der Waals surface area contributed by atoms with Crippen molar-refractivity contribution in [2.75, 3.05) is 26.4 Å². The van der Waals surface area contributed by atoms with E-state index in [1.165, 1.54) is 4.90 Å². The highest BCUT2D eigenvalue weighted by atomic mass is 16.5. The molecule has 0 aliphatic heterocycles. The van der Waals surface area contributed by atoms with Crippen LogP contribution in [0.4, 0.5) is 4.79 Å². The molecule has 0 aliphatic carbocycles. The van der Waals surface area contributed by atoms with Crippen molar-refractivity contribution in [3.63, 3.8) is 0 Å². The molecule has 136 valence electrons. The van der Waals surface area contributed by atoms with Gasteiger partial charge in [-0.1, -0.05) is 12.1 Å². The van der Waals surface area contributed by atoms with E-state index in [9.17, 15) is 15.0 Å². The van der Waals surface area contributed by atoms with E-state index in [2.05, 4.69) is 0 Å². The van der Waals surface area contributed by atoms with Gasteiger partial charge in [0.05, 0.1) is 19.3 Å². The van der Waals surface area contributed by atoms with Gasteiger partial charge in [-0.15, -0.1) is 0 Å². The van der Waals surface area contributed by atoms with Gasteiger partial charge in [-0.2, -0.15) is 0 Å². The first-order chi connectivity index (χ1) is 11.3. The molecule has 1 unspecified atom stereocenters. The number of hydrogen-bond acceptors (Lipinski definition) is 4. The zero-order valence-corrected chi connectivity index (χ0v) is 15.0. The van der Waals surface area contributed by atoms with Crippen LogP contribution in [0.3, 0.4) is 0 Å². The van der Waals surface area contributed by atoms with Gasteiger partial charge >= 0.3 is 6.09 Å². The van der Waals surface area contributed by atoms with Crippen molar-refractivity contribution in [3.05, 3.63) is 29.8 Å². The Balaban J connectivity index is 2.70. The Hall–Kier alpha value is -1.79. The van der Waals surface area contributed by atoms with E-state index in [1.807, 2.05) is 52.0 Å². The molecule has 0 bridgehead atoms. The summed E-state index contributed by atoms with van der Waals surface area (Å²) in [5, 5.41) is 19.1. The summed E-state index contributed by atoms with van der Waals surface area (Å²) in [6.45, 7) is 8.86. The zero-order chi connectivity index (χ0) is 18.2. The van der Waals surface area contributed by atoms with Gasteiger partial charge in [0, 0.05) is 12.1 Å². The van der Waals surface area contributed by atoms with Crippen LogP contribution in [0.15, 0.2) is 24.3 Å². The minimum atomic E-state index is -1.03. The maximum atomic E-state index is 11.5. The molecule has 24 heavy (non-hydrogen) atoms. The first-order valence-corrected chi connectivity index (χ1v) is 8.22. The number of nitrogens with zero attached hydrogens (tertiary/aromatic N) is 1. The van der Waals surface area contributed by atoms with Gasteiger partial charge in [-0.3, -0.25) is 4.90 Å². The molecule has 0 saturated carbocycles. The van der Waals surface area contributed by atoms with E-state index in [4.69, 9.17) is 9.47 Å². The van der Waals surface area contributed by atoms with Gasteiger partial charge in [0.1, 0.15) is 12.4 Å². The Kier molecular flexibility index (Phi) is 8.01. The Bertz CT molecular complexity index is 495. The second-order valence-corrected chi connectivity index (χ2v) is 6.55. The fourth-order valence-corrected chi connectivity index (χ4v) is 2.58. The van der Waals surface area contributed by atoms with E-state index in [-0.39, 0.29) is 6.61 Å². The van der Waals surface area contributed by atoms with Crippen LogP contribution in [0.5, 0.6) is 5.75 Å². The van der Waals surface area contributed by atoms with Gasteiger partial charge in [0.25, 0.3) is 0 Å². The molecule has 1 aromatic carbocycles. The van der Waals surface area contributed by atoms with Crippen LogP contribution in [0, 0.1) is 0 Å². The summed E-state index contributed by atoms with van der Waals surface area (Å²) in [6, 6.07) is 6.98. The van der Waals surface area contributed by atoms with Crippen molar-refractivity contribution in [2.45, 2.75) is 45.7 Å². The molecular weight excluding hydrogens is 310 g/mol. The maximum Gasteiger partial charge on any atom is 0.408 e. The number of benzene rings is 1. The highest BCUT2D eigenvalue weighted by molar-refractivity contribution is 5.66. The second kappa shape index (κ2) is 9.49. The Morgan fingerprint density at radius 1 is 1.21 bits per heavy atom. The molecular formula is C18H29NO5. The molecule has 0 aromatic heterocycles. The third kappa shape index (κ3) is 6.37. The smallest absolute Gasteiger partial charge is 0.408 e. The lowest BCUT2D eigenvalue weighted by Gasteiger charge is -2.39. The van der Waals surface area contributed by atoms with Crippen molar-refractivity contribution < 1.29 is 24.5 Å². The van der Waals surface area contributed by atoms with Crippen LogP contribution in [0.25, 0.3) is 0 Å². The highest BCUT2D eigenvalue weighted by Crippen LogP contribution is 2.21. The second-order valence-electron chi connectivity index (χ2n) is 6.55. The van der Waals surface area contributed by atoms with Crippen LogP contribution in [0.2, 0.25) is 0 Å². The molecule has 0 heterocycles. The third-order valence-corrected chi connectivity index (χ3v) is 3.60. The minimum Gasteiger partial charge on any atom is -0.491 e. The normalized spacial score (nSPS) is 12.7. The average Bonchev–Trinajstić information content (AvgIpc) is 2.50. The van der Waals surface area contributed by atoms with Crippen LogP contribution in [-0.2, 0) is 11.2 Å². The Labute approximate surface area is 144 Å². The number of carbonyl (C=O) groups is 1. The number of aliphatic hydroxyl groups excluding tert-OH is 1. The largest absolute Gasteiger partial charge is 0.491 e. The molecule has 0 saturated heterocycles. The summed E-state index contributed by atoms with van der Waals surface area (Å²) in [6.07, 6.45) is -0.586. The van der Waals surface area contributed by atoms with E-state index < -0.39 is 17.7 Å². The lowest BCUT2D eigenvalue weighted by atomic mass is 9.99. The molecule has 6 nitrogen and oxygen atoms in total. The number of amides is 1. The number of rotatable bonds is 9. The molecule has 1 atom stereocenters. The first-order valence-electron chi connectivity index (χ1n) is 8.22. The molecule has 1 rings (SSSR count). The molecule has 0 radical (unpaired) electrons. The van der Waals surface area contributed by atoms with Crippen molar-refractivity contribution >= 4 is 6.09 Å². The number of aliphatic hydroxyl groups is 1. The summed E-state index contributed by atoms with van der Waals surface area (Å²) in [5.74, 6) is 0.741. The summed E-state index contributed by atoms with van der Waals surface area (Å²) in [7, 11) is 0. The van der Waals surface area contributed by atoms with Gasteiger partial charge in [-0.25, -0.2) is 4.79 Å². The maximum absolute atomic E-state index is 11.5.